The number of aryl methyl sites for hydroxylation is 1. The van der Waals surface area contributed by atoms with Crippen molar-refractivity contribution < 1.29 is 23.9 Å². The molecule has 216 valence electrons. The molecule has 7 atom stereocenters. The largest absolute Gasteiger partial charge is 0.494 e. The predicted molar refractivity (Wildman–Crippen MR) is 155 cm³/mol. The minimum atomic E-state index is -1.19. The third-order valence-electron chi connectivity index (χ3n) is 9.27. The third kappa shape index (κ3) is 4.92. The molecule has 1 saturated carbocycles. The summed E-state index contributed by atoms with van der Waals surface area (Å²) in [6.07, 6.45) is 7.38. The molecule has 2 N–H and O–H groups in total. The van der Waals surface area contributed by atoms with E-state index in [1.54, 1.807) is 29.2 Å². The van der Waals surface area contributed by atoms with Crippen LogP contribution in [0, 0.1) is 24.7 Å². The van der Waals surface area contributed by atoms with Gasteiger partial charge >= 0.3 is 0 Å². The Kier molecular flexibility index (Phi) is 7.36. The van der Waals surface area contributed by atoms with Gasteiger partial charge in [0.1, 0.15) is 17.4 Å². The van der Waals surface area contributed by atoms with Crippen molar-refractivity contribution >= 4 is 23.4 Å². The van der Waals surface area contributed by atoms with E-state index in [-0.39, 0.29) is 30.3 Å². The highest BCUT2D eigenvalue weighted by atomic mass is 16.5. The van der Waals surface area contributed by atoms with Gasteiger partial charge in [-0.2, -0.15) is 0 Å². The molecule has 2 aromatic carbocycles. The zero-order chi connectivity index (χ0) is 28.7. The number of fused-ring (bicyclic) bond motifs is 1. The lowest BCUT2D eigenvalue weighted by Gasteiger charge is -2.36. The molecule has 6 rings (SSSR count). The molecule has 3 aliphatic heterocycles. The van der Waals surface area contributed by atoms with Crippen LogP contribution in [0.15, 0.2) is 60.7 Å². The highest BCUT2D eigenvalue weighted by Gasteiger charge is 2.72. The first-order chi connectivity index (χ1) is 19.8. The standard InChI is InChI=1S/C33H39N3O5/c1-4-40-24-15-13-23(14-16-24)34-30(37)27-26-17-18-33(41-26)28(27)32(39)36(19-22-11-9-20(2)10-12-22)29(33)31(38)35-25-8-6-5-7-21(25)3/h9-18,21,25-29H,4-8,19H2,1-3H3,(H,34,37)(H,35,38)/t21-,25-,26-,27+,28-,29-,33-/m0/s1. The molecule has 41 heavy (non-hydrogen) atoms. The summed E-state index contributed by atoms with van der Waals surface area (Å²) in [6, 6.07) is 14.3. The van der Waals surface area contributed by atoms with Gasteiger partial charge in [0.25, 0.3) is 0 Å². The fourth-order valence-corrected chi connectivity index (χ4v) is 7.15. The number of likely N-dealkylation sites (tertiary alicyclic amines) is 1. The summed E-state index contributed by atoms with van der Waals surface area (Å²) in [7, 11) is 0. The molecular formula is C33H39N3O5. The molecule has 8 heteroatoms. The van der Waals surface area contributed by atoms with Crippen molar-refractivity contribution in [1.29, 1.82) is 0 Å². The molecule has 0 unspecified atom stereocenters. The Morgan fingerprint density at radius 3 is 2.49 bits per heavy atom. The summed E-state index contributed by atoms with van der Waals surface area (Å²) in [5, 5.41) is 6.26. The molecule has 1 spiro atoms. The fraction of sp³-hybridized carbons (Fsp3) is 0.485. The number of hydrogen-bond acceptors (Lipinski definition) is 5. The van der Waals surface area contributed by atoms with Crippen LogP contribution in [-0.2, 0) is 25.7 Å². The Morgan fingerprint density at radius 1 is 1.05 bits per heavy atom. The first-order valence-electron chi connectivity index (χ1n) is 14.9. The third-order valence-corrected chi connectivity index (χ3v) is 9.27. The van der Waals surface area contributed by atoms with E-state index >= 15 is 0 Å². The topological polar surface area (TPSA) is 97.0 Å². The van der Waals surface area contributed by atoms with E-state index in [1.807, 2.05) is 50.3 Å². The average molecular weight is 558 g/mol. The zero-order valence-corrected chi connectivity index (χ0v) is 24.0. The number of carbonyl (C=O) groups is 3. The minimum absolute atomic E-state index is 0.0596. The summed E-state index contributed by atoms with van der Waals surface area (Å²) in [6.45, 7) is 6.93. The number of nitrogens with one attached hydrogen (secondary N) is 2. The molecule has 0 aromatic heterocycles. The van der Waals surface area contributed by atoms with E-state index < -0.39 is 29.6 Å². The van der Waals surface area contributed by atoms with Crippen LogP contribution in [0.1, 0.15) is 50.7 Å². The van der Waals surface area contributed by atoms with E-state index in [0.29, 0.717) is 18.2 Å². The van der Waals surface area contributed by atoms with E-state index in [1.165, 1.54) is 6.42 Å². The molecule has 2 saturated heterocycles. The van der Waals surface area contributed by atoms with Gasteiger partial charge in [-0.25, -0.2) is 0 Å². The van der Waals surface area contributed by atoms with Crippen LogP contribution in [0.5, 0.6) is 5.75 Å². The molecule has 3 heterocycles. The Hall–Kier alpha value is -3.65. The second kappa shape index (κ2) is 11.0. The van der Waals surface area contributed by atoms with Gasteiger partial charge in [-0.1, -0.05) is 61.7 Å². The summed E-state index contributed by atoms with van der Waals surface area (Å²) < 4.78 is 12.0. The van der Waals surface area contributed by atoms with Crippen molar-refractivity contribution in [3.8, 4) is 5.75 Å². The minimum Gasteiger partial charge on any atom is -0.494 e. The van der Waals surface area contributed by atoms with Crippen molar-refractivity contribution in [2.45, 2.75) is 76.8 Å². The summed E-state index contributed by atoms with van der Waals surface area (Å²) in [5.74, 6) is -1.16. The van der Waals surface area contributed by atoms with Gasteiger partial charge in [0.15, 0.2) is 0 Å². The summed E-state index contributed by atoms with van der Waals surface area (Å²) in [5.41, 5.74) is 1.48. The first kappa shape index (κ1) is 27.5. The van der Waals surface area contributed by atoms with E-state index in [4.69, 9.17) is 9.47 Å². The van der Waals surface area contributed by atoms with E-state index in [9.17, 15) is 14.4 Å². The highest BCUT2D eigenvalue weighted by molar-refractivity contribution is 6.02. The lowest BCUT2D eigenvalue weighted by atomic mass is 9.74. The lowest BCUT2D eigenvalue weighted by molar-refractivity contribution is -0.142. The molecule has 2 bridgehead atoms. The maximum atomic E-state index is 14.2. The number of amides is 3. The van der Waals surface area contributed by atoms with Crippen LogP contribution >= 0.6 is 0 Å². The number of nitrogens with zero attached hydrogens (tertiary/aromatic N) is 1. The maximum absolute atomic E-state index is 14.2. The van der Waals surface area contributed by atoms with Crippen LogP contribution in [0.4, 0.5) is 5.69 Å². The second-order valence-corrected chi connectivity index (χ2v) is 12.0. The molecule has 8 nitrogen and oxygen atoms in total. The lowest BCUT2D eigenvalue weighted by Crippen LogP contribution is -2.57. The van der Waals surface area contributed by atoms with Crippen LogP contribution < -0.4 is 15.4 Å². The number of anilines is 1. The fourth-order valence-electron chi connectivity index (χ4n) is 7.15. The second-order valence-electron chi connectivity index (χ2n) is 12.0. The Labute approximate surface area is 241 Å². The maximum Gasteiger partial charge on any atom is 0.246 e. The summed E-state index contributed by atoms with van der Waals surface area (Å²) in [4.78, 5) is 43.7. The van der Waals surface area contributed by atoms with Gasteiger partial charge in [-0.05, 0) is 62.4 Å². The molecule has 4 aliphatic rings. The molecular weight excluding hydrogens is 518 g/mol. The first-order valence-corrected chi connectivity index (χ1v) is 14.9. The molecule has 2 aromatic rings. The van der Waals surface area contributed by atoms with Crippen LogP contribution in [-0.4, -0.2) is 53.0 Å². The van der Waals surface area contributed by atoms with Gasteiger partial charge in [0.2, 0.25) is 17.7 Å². The van der Waals surface area contributed by atoms with Gasteiger partial charge in [-0.3, -0.25) is 14.4 Å². The van der Waals surface area contributed by atoms with Crippen LogP contribution in [0.2, 0.25) is 0 Å². The Morgan fingerprint density at radius 2 is 1.78 bits per heavy atom. The number of hydrogen-bond donors (Lipinski definition) is 2. The van der Waals surface area contributed by atoms with Crippen LogP contribution in [0.3, 0.4) is 0 Å². The van der Waals surface area contributed by atoms with Gasteiger partial charge in [0.05, 0.1) is 24.5 Å². The molecule has 3 fully saturated rings. The van der Waals surface area contributed by atoms with Gasteiger partial charge in [-0.15, -0.1) is 0 Å². The van der Waals surface area contributed by atoms with E-state index in [0.717, 1.165) is 36.1 Å². The van der Waals surface area contributed by atoms with Crippen molar-refractivity contribution in [1.82, 2.24) is 10.2 Å². The smallest absolute Gasteiger partial charge is 0.246 e. The number of ether oxygens (including phenoxy) is 2. The SMILES string of the molecule is CCOc1ccc(NC(=O)[C@@H]2[C@@H]3C=C[C@]4(O3)[C@@H]2C(=O)N(Cc2ccc(C)cc2)[C@H]4C(=O)N[C@H]2CCCC[C@@H]2C)cc1. The highest BCUT2D eigenvalue weighted by Crippen LogP contribution is 2.55. The van der Waals surface area contributed by atoms with Crippen molar-refractivity contribution in [3.05, 3.63) is 71.8 Å². The quantitative estimate of drug-likeness (QED) is 0.470. The number of rotatable bonds is 8. The molecule has 1 aliphatic carbocycles. The number of carbonyl (C=O) groups excluding carboxylic acids is 3. The van der Waals surface area contributed by atoms with E-state index in [2.05, 4.69) is 17.6 Å². The number of benzene rings is 2. The summed E-state index contributed by atoms with van der Waals surface area (Å²) >= 11 is 0. The molecule has 0 radical (unpaired) electrons. The monoisotopic (exact) mass is 557 g/mol. The average Bonchev–Trinajstić information content (AvgIpc) is 3.60. The Balaban J connectivity index is 1.29. The van der Waals surface area contributed by atoms with Crippen molar-refractivity contribution in [2.24, 2.45) is 17.8 Å². The molecule has 3 amide bonds. The Bertz CT molecular complexity index is 1340. The van der Waals surface area contributed by atoms with Gasteiger partial charge < -0.3 is 25.0 Å². The zero-order valence-electron chi connectivity index (χ0n) is 24.0. The normalized spacial score (nSPS) is 31.7. The van der Waals surface area contributed by atoms with Crippen molar-refractivity contribution in [3.63, 3.8) is 0 Å². The van der Waals surface area contributed by atoms with Crippen LogP contribution in [0.25, 0.3) is 0 Å². The predicted octanol–water partition coefficient (Wildman–Crippen LogP) is 4.38. The van der Waals surface area contributed by atoms with Crippen molar-refractivity contribution in [2.75, 3.05) is 11.9 Å². The van der Waals surface area contributed by atoms with Gasteiger partial charge in [0, 0.05) is 18.3 Å².